The highest BCUT2D eigenvalue weighted by Crippen LogP contribution is 2.20. The average Bonchev–Trinajstić information content (AvgIpc) is 2.81. The molecule has 0 spiro atoms. The number of cyclic esters (lactones) is 1. The first-order valence-electron chi connectivity index (χ1n) is 6.16. The van der Waals surface area contributed by atoms with Crippen molar-refractivity contribution in [3.63, 3.8) is 0 Å². The van der Waals surface area contributed by atoms with Crippen molar-refractivity contribution < 1.29 is 9.53 Å². The van der Waals surface area contributed by atoms with E-state index in [9.17, 15) is 4.79 Å². The van der Waals surface area contributed by atoms with E-state index in [1.165, 1.54) is 0 Å². The van der Waals surface area contributed by atoms with Crippen molar-refractivity contribution in [3.05, 3.63) is 72.5 Å². The fourth-order valence-corrected chi connectivity index (χ4v) is 2.81. The summed E-state index contributed by atoms with van der Waals surface area (Å²) in [6, 6.07) is 15.5. The summed E-state index contributed by atoms with van der Waals surface area (Å²) in [6.45, 7) is 0. The van der Waals surface area contributed by atoms with Gasteiger partial charge in [-0.05, 0) is 93.2 Å². The third-order valence-corrected chi connectivity index (χ3v) is 4.25. The standard InChI is InChI=1S/C16H9I2NO2/c17-12-6-4-11(5-7-12)15-19-14(16(20)21-15)9-10-2-1-3-13(18)8-10/h1-9H. The number of hydrogen-bond donors (Lipinski definition) is 0. The third-order valence-electron chi connectivity index (χ3n) is 2.86. The normalized spacial score (nSPS) is 16.0. The maximum absolute atomic E-state index is 11.9. The molecule has 0 N–H and O–H groups in total. The summed E-state index contributed by atoms with van der Waals surface area (Å²) in [7, 11) is 0. The monoisotopic (exact) mass is 501 g/mol. The molecule has 3 rings (SSSR count). The van der Waals surface area contributed by atoms with Gasteiger partial charge in [0.15, 0.2) is 5.70 Å². The van der Waals surface area contributed by atoms with E-state index in [2.05, 4.69) is 50.2 Å². The summed E-state index contributed by atoms with van der Waals surface area (Å²) in [6.07, 6.45) is 1.74. The molecule has 0 unspecified atom stereocenters. The Morgan fingerprint density at radius 1 is 1.00 bits per heavy atom. The fourth-order valence-electron chi connectivity index (χ4n) is 1.88. The predicted molar refractivity (Wildman–Crippen MR) is 98.9 cm³/mol. The Morgan fingerprint density at radius 3 is 2.48 bits per heavy atom. The van der Waals surface area contributed by atoms with Gasteiger partial charge in [0.2, 0.25) is 5.90 Å². The largest absolute Gasteiger partial charge is 0.402 e. The molecule has 2 aromatic carbocycles. The molecule has 21 heavy (non-hydrogen) atoms. The van der Waals surface area contributed by atoms with Crippen molar-refractivity contribution >= 4 is 63.1 Å². The number of aliphatic imine (C=N–C) groups is 1. The predicted octanol–water partition coefficient (Wildman–Crippen LogP) is 4.24. The summed E-state index contributed by atoms with van der Waals surface area (Å²) in [5, 5.41) is 0. The number of benzene rings is 2. The van der Waals surface area contributed by atoms with Crippen molar-refractivity contribution in [2.75, 3.05) is 0 Å². The van der Waals surface area contributed by atoms with Crippen molar-refractivity contribution in [2.45, 2.75) is 0 Å². The Bertz CT molecular complexity index is 764. The Labute approximate surface area is 149 Å². The van der Waals surface area contributed by atoms with Gasteiger partial charge in [0.1, 0.15) is 0 Å². The van der Waals surface area contributed by atoms with Crippen LogP contribution in [0.4, 0.5) is 0 Å². The van der Waals surface area contributed by atoms with Crippen LogP contribution in [0.25, 0.3) is 6.08 Å². The van der Waals surface area contributed by atoms with Crippen molar-refractivity contribution in [2.24, 2.45) is 4.99 Å². The minimum absolute atomic E-state index is 0.325. The second-order valence-electron chi connectivity index (χ2n) is 4.40. The molecule has 104 valence electrons. The number of carbonyl (C=O) groups is 1. The zero-order valence-electron chi connectivity index (χ0n) is 10.7. The molecule has 5 heteroatoms. The molecule has 0 bridgehead atoms. The van der Waals surface area contributed by atoms with Gasteiger partial charge in [-0.15, -0.1) is 0 Å². The average molecular weight is 501 g/mol. The van der Waals surface area contributed by atoms with Crippen LogP contribution in [0, 0.1) is 7.14 Å². The van der Waals surface area contributed by atoms with Crippen LogP contribution in [0.15, 0.2) is 59.2 Å². The quantitative estimate of drug-likeness (QED) is 0.351. The molecule has 0 saturated carbocycles. The summed E-state index contributed by atoms with van der Waals surface area (Å²) < 4.78 is 7.47. The first-order chi connectivity index (χ1) is 10.1. The number of carbonyl (C=O) groups excluding carboxylic acids is 1. The maximum Gasteiger partial charge on any atom is 0.363 e. The number of ether oxygens (including phenoxy) is 1. The lowest BCUT2D eigenvalue weighted by Gasteiger charge is -1.98. The van der Waals surface area contributed by atoms with Crippen molar-refractivity contribution in [1.82, 2.24) is 0 Å². The van der Waals surface area contributed by atoms with Gasteiger partial charge in [-0.3, -0.25) is 0 Å². The van der Waals surface area contributed by atoms with Gasteiger partial charge in [-0.1, -0.05) is 12.1 Å². The first-order valence-corrected chi connectivity index (χ1v) is 8.32. The second-order valence-corrected chi connectivity index (χ2v) is 6.89. The topological polar surface area (TPSA) is 38.7 Å². The van der Waals surface area contributed by atoms with Crippen LogP contribution in [-0.4, -0.2) is 11.9 Å². The van der Waals surface area contributed by atoms with E-state index in [0.717, 1.165) is 18.3 Å². The molecular weight excluding hydrogens is 492 g/mol. The van der Waals surface area contributed by atoms with Crippen LogP contribution in [0.2, 0.25) is 0 Å². The molecule has 3 nitrogen and oxygen atoms in total. The molecule has 2 aromatic rings. The molecule has 0 aromatic heterocycles. The van der Waals surface area contributed by atoms with Gasteiger partial charge in [-0.25, -0.2) is 9.79 Å². The van der Waals surface area contributed by atoms with Crippen LogP contribution in [0.3, 0.4) is 0 Å². The zero-order chi connectivity index (χ0) is 14.8. The van der Waals surface area contributed by atoms with E-state index >= 15 is 0 Å². The molecule has 0 amide bonds. The van der Waals surface area contributed by atoms with Crippen molar-refractivity contribution in [3.8, 4) is 0 Å². The Kier molecular flexibility index (Phi) is 4.39. The minimum Gasteiger partial charge on any atom is -0.402 e. The maximum atomic E-state index is 11.9. The minimum atomic E-state index is -0.414. The van der Waals surface area contributed by atoms with Gasteiger partial charge < -0.3 is 4.74 Å². The number of esters is 1. The summed E-state index contributed by atoms with van der Waals surface area (Å²) >= 11 is 4.46. The lowest BCUT2D eigenvalue weighted by atomic mass is 10.2. The lowest BCUT2D eigenvalue weighted by molar-refractivity contribution is -0.129. The van der Waals surface area contributed by atoms with E-state index in [0.29, 0.717) is 11.6 Å². The Balaban J connectivity index is 1.93. The van der Waals surface area contributed by atoms with Crippen LogP contribution in [0.5, 0.6) is 0 Å². The lowest BCUT2D eigenvalue weighted by Crippen LogP contribution is -2.05. The molecule has 0 aliphatic carbocycles. The number of hydrogen-bond acceptors (Lipinski definition) is 3. The van der Waals surface area contributed by atoms with E-state index < -0.39 is 5.97 Å². The first kappa shape index (κ1) is 14.7. The Hall–Kier alpha value is -1.22. The molecule has 0 fully saturated rings. The van der Waals surface area contributed by atoms with Gasteiger partial charge in [0.25, 0.3) is 0 Å². The van der Waals surface area contributed by atoms with Gasteiger partial charge in [0, 0.05) is 12.7 Å². The molecule has 1 aliphatic heterocycles. The molecular formula is C16H9I2NO2. The van der Waals surface area contributed by atoms with E-state index in [1.807, 2.05) is 48.5 Å². The van der Waals surface area contributed by atoms with E-state index in [-0.39, 0.29) is 0 Å². The summed E-state index contributed by atoms with van der Waals surface area (Å²) in [5.41, 5.74) is 2.06. The third kappa shape index (κ3) is 3.52. The smallest absolute Gasteiger partial charge is 0.363 e. The molecule has 1 aliphatic rings. The highest BCUT2D eigenvalue weighted by atomic mass is 127. The van der Waals surface area contributed by atoms with Crippen LogP contribution >= 0.6 is 45.2 Å². The SMILES string of the molecule is O=C1OC(c2ccc(I)cc2)=NC1=Cc1cccc(I)c1. The highest BCUT2D eigenvalue weighted by molar-refractivity contribution is 14.1. The highest BCUT2D eigenvalue weighted by Gasteiger charge is 2.23. The van der Waals surface area contributed by atoms with Crippen LogP contribution in [0.1, 0.15) is 11.1 Å². The van der Waals surface area contributed by atoms with Crippen molar-refractivity contribution in [1.29, 1.82) is 0 Å². The van der Waals surface area contributed by atoms with Crippen LogP contribution < -0.4 is 0 Å². The van der Waals surface area contributed by atoms with Gasteiger partial charge >= 0.3 is 5.97 Å². The van der Waals surface area contributed by atoms with Crippen LogP contribution in [-0.2, 0) is 9.53 Å². The van der Waals surface area contributed by atoms with Gasteiger partial charge in [-0.2, -0.15) is 0 Å². The number of halogens is 2. The molecule has 0 atom stereocenters. The molecule has 0 saturated heterocycles. The number of rotatable bonds is 2. The van der Waals surface area contributed by atoms with Gasteiger partial charge in [0.05, 0.1) is 0 Å². The molecule has 0 radical (unpaired) electrons. The Morgan fingerprint density at radius 2 is 1.76 bits per heavy atom. The van der Waals surface area contributed by atoms with E-state index in [1.54, 1.807) is 6.08 Å². The summed E-state index contributed by atoms with van der Waals surface area (Å²) in [4.78, 5) is 16.2. The second kappa shape index (κ2) is 6.27. The fraction of sp³-hybridized carbons (Fsp3) is 0. The summed E-state index contributed by atoms with van der Waals surface area (Å²) in [5.74, 6) is -0.0595. The number of nitrogens with zero attached hydrogens (tertiary/aromatic N) is 1. The van der Waals surface area contributed by atoms with E-state index in [4.69, 9.17) is 4.74 Å². The zero-order valence-corrected chi connectivity index (χ0v) is 15.0. The molecule has 1 heterocycles.